The van der Waals surface area contributed by atoms with Crippen LogP contribution in [0.1, 0.15) is 26.2 Å². The molecular formula is C20H24ClN3O2. The van der Waals surface area contributed by atoms with Crippen molar-refractivity contribution in [3.8, 4) is 0 Å². The number of piperidine rings is 1. The van der Waals surface area contributed by atoms with Gasteiger partial charge in [-0.3, -0.25) is 9.78 Å². The van der Waals surface area contributed by atoms with Crippen molar-refractivity contribution in [3.63, 3.8) is 0 Å². The number of nitrogens with zero attached hydrogens (tertiary/aromatic N) is 3. The van der Waals surface area contributed by atoms with Crippen LogP contribution in [0, 0.1) is 0 Å². The summed E-state index contributed by atoms with van der Waals surface area (Å²) >= 11 is 6.22. The molecule has 1 aromatic carbocycles. The van der Waals surface area contributed by atoms with Crippen molar-refractivity contribution >= 4 is 34.1 Å². The van der Waals surface area contributed by atoms with E-state index in [9.17, 15) is 4.79 Å². The lowest BCUT2D eigenvalue weighted by molar-refractivity contribution is -0.139. The molecule has 0 aliphatic carbocycles. The standard InChI is InChI=1S/C20H24ClN3O2/c1-2-19(25)23-9-6-20(7-10-23)14-24(11-12-26-20)18-5-8-22-17-4-3-15(21)13-16(17)18/h3-5,8,13H,2,6-7,9-12,14H2,1H3. The highest BCUT2D eigenvalue weighted by Gasteiger charge is 2.40. The maximum absolute atomic E-state index is 12.0. The normalized spacial score (nSPS) is 19.9. The highest BCUT2D eigenvalue weighted by molar-refractivity contribution is 6.31. The number of benzene rings is 1. The van der Waals surface area contributed by atoms with Gasteiger partial charge in [0, 0.05) is 54.9 Å². The van der Waals surface area contributed by atoms with Crippen LogP contribution in [0.15, 0.2) is 30.5 Å². The van der Waals surface area contributed by atoms with Crippen molar-refractivity contribution < 1.29 is 9.53 Å². The molecule has 4 rings (SSSR count). The van der Waals surface area contributed by atoms with Crippen molar-refractivity contribution in [1.29, 1.82) is 0 Å². The van der Waals surface area contributed by atoms with Gasteiger partial charge in [0.2, 0.25) is 5.91 Å². The summed E-state index contributed by atoms with van der Waals surface area (Å²) in [7, 11) is 0. The average Bonchev–Trinajstić information content (AvgIpc) is 2.67. The Hall–Kier alpha value is -1.85. The van der Waals surface area contributed by atoms with E-state index < -0.39 is 0 Å². The number of aromatic nitrogens is 1. The second-order valence-corrected chi connectivity index (χ2v) is 7.62. The highest BCUT2D eigenvalue weighted by Crippen LogP contribution is 2.35. The summed E-state index contributed by atoms with van der Waals surface area (Å²) < 4.78 is 6.23. The van der Waals surface area contributed by atoms with Crippen LogP contribution in [0.4, 0.5) is 5.69 Å². The lowest BCUT2D eigenvalue weighted by atomic mass is 9.89. The van der Waals surface area contributed by atoms with E-state index in [1.54, 1.807) is 0 Å². The molecule has 1 amide bonds. The van der Waals surface area contributed by atoms with Crippen molar-refractivity contribution in [1.82, 2.24) is 9.88 Å². The van der Waals surface area contributed by atoms with Gasteiger partial charge in [-0.2, -0.15) is 0 Å². The molecule has 0 bridgehead atoms. The van der Waals surface area contributed by atoms with E-state index in [-0.39, 0.29) is 11.5 Å². The molecule has 6 heteroatoms. The Balaban J connectivity index is 1.57. The first kappa shape index (κ1) is 17.6. The number of amides is 1. The molecule has 0 radical (unpaired) electrons. The van der Waals surface area contributed by atoms with E-state index in [1.807, 2.05) is 36.2 Å². The molecule has 0 unspecified atom stereocenters. The van der Waals surface area contributed by atoms with Crippen LogP contribution in [0.25, 0.3) is 10.9 Å². The number of halogens is 1. The number of anilines is 1. The summed E-state index contributed by atoms with van der Waals surface area (Å²) in [6.07, 6.45) is 4.21. The summed E-state index contributed by atoms with van der Waals surface area (Å²) in [6.45, 7) is 5.88. The third-order valence-electron chi connectivity index (χ3n) is 5.60. The first-order valence-corrected chi connectivity index (χ1v) is 9.69. The van der Waals surface area contributed by atoms with Crippen LogP contribution in [0.2, 0.25) is 5.02 Å². The molecule has 2 aromatic rings. The fraction of sp³-hybridized carbons (Fsp3) is 0.500. The predicted molar refractivity (Wildman–Crippen MR) is 104 cm³/mol. The number of hydrogen-bond donors (Lipinski definition) is 0. The zero-order valence-electron chi connectivity index (χ0n) is 15.1. The molecule has 1 spiro atoms. The van der Waals surface area contributed by atoms with E-state index in [1.165, 1.54) is 0 Å². The topological polar surface area (TPSA) is 45.7 Å². The summed E-state index contributed by atoms with van der Waals surface area (Å²) in [5, 5.41) is 1.80. The monoisotopic (exact) mass is 373 g/mol. The van der Waals surface area contributed by atoms with Crippen LogP contribution in [0.3, 0.4) is 0 Å². The van der Waals surface area contributed by atoms with E-state index in [2.05, 4.69) is 16.0 Å². The predicted octanol–water partition coefficient (Wildman–Crippen LogP) is 3.50. The van der Waals surface area contributed by atoms with Gasteiger partial charge < -0.3 is 14.5 Å². The Morgan fingerprint density at radius 3 is 2.85 bits per heavy atom. The SMILES string of the molecule is CCC(=O)N1CCC2(CC1)CN(c1ccnc3ccc(Cl)cc13)CCO2. The van der Waals surface area contributed by atoms with Crippen LogP contribution < -0.4 is 4.90 Å². The van der Waals surface area contributed by atoms with E-state index >= 15 is 0 Å². The second-order valence-electron chi connectivity index (χ2n) is 7.18. The molecule has 0 N–H and O–H groups in total. The molecule has 0 saturated carbocycles. The van der Waals surface area contributed by atoms with Gasteiger partial charge in [0.05, 0.1) is 17.7 Å². The maximum atomic E-state index is 12.0. The molecule has 2 fully saturated rings. The summed E-state index contributed by atoms with van der Waals surface area (Å²) in [4.78, 5) is 20.8. The summed E-state index contributed by atoms with van der Waals surface area (Å²) in [6, 6.07) is 7.89. The Morgan fingerprint density at radius 2 is 2.08 bits per heavy atom. The largest absolute Gasteiger partial charge is 0.371 e. The number of likely N-dealkylation sites (tertiary alicyclic amines) is 1. The van der Waals surface area contributed by atoms with Crippen molar-refractivity contribution in [2.24, 2.45) is 0 Å². The van der Waals surface area contributed by atoms with Gasteiger partial charge in [0.1, 0.15) is 0 Å². The first-order valence-electron chi connectivity index (χ1n) is 9.31. The zero-order chi connectivity index (χ0) is 18.1. The number of carbonyl (C=O) groups excluding carboxylic acids is 1. The van der Waals surface area contributed by atoms with Crippen LogP contribution in [0.5, 0.6) is 0 Å². The number of carbonyl (C=O) groups is 1. The van der Waals surface area contributed by atoms with Crippen molar-refractivity contribution in [2.45, 2.75) is 31.8 Å². The van der Waals surface area contributed by atoms with Gasteiger partial charge >= 0.3 is 0 Å². The molecule has 3 heterocycles. The van der Waals surface area contributed by atoms with Gasteiger partial charge in [-0.25, -0.2) is 0 Å². The summed E-state index contributed by atoms with van der Waals surface area (Å²) in [5.74, 6) is 0.238. The molecule has 138 valence electrons. The third-order valence-corrected chi connectivity index (χ3v) is 5.83. The van der Waals surface area contributed by atoms with Gasteiger partial charge in [-0.15, -0.1) is 0 Å². The fourth-order valence-corrected chi connectivity index (χ4v) is 4.29. The minimum atomic E-state index is -0.170. The number of ether oxygens (including phenoxy) is 1. The highest BCUT2D eigenvalue weighted by atomic mass is 35.5. The first-order chi connectivity index (χ1) is 12.6. The molecule has 5 nitrogen and oxygen atoms in total. The second kappa shape index (κ2) is 7.05. The molecule has 2 aliphatic rings. The number of rotatable bonds is 2. The third kappa shape index (κ3) is 3.26. The smallest absolute Gasteiger partial charge is 0.222 e. The Bertz CT molecular complexity index is 818. The minimum absolute atomic E-state index is 0.170. The van der Waals surface area contributed by atoms with Crippen LogP contribution >= 0.6 is 11.6 Å². The maximum Gasteiger partial charge on any atom is 0.222 e. The van der Waals surface area contributed by atoms with Crippen molar-refractivity contribution in [3.05, 3.63) is 35.5 Å². The van der Waals surface area contributed by atoms with E-state index in [0.717, 1.165) is 60.6 Å². The molecule has 2 saturated heterocycles. The number of hydrogen-bond acceptors (Lipinski definition) is 4. The van der Waals surface area contributed by atoms with Crippen molar-refractivity contribution in [2.75, 3.05) is 37.7 Å². The Kier molecular flexibility index (Phi) is 4.76. The van der Waals surface area contributed by atoms with Gasteiger partial charge in [-0.05, 0) is 37.1 Å². The zero-order valence-corrected chi connectivity index (χ0v) is 15.8. The summed E-state index contributed by atoms with van der Waals surface area (Å²) in [5.41, 5.74) is 1.94. The van der Waals surface area contributed by atoms with E-state index in [0.29, 0.717) is 13.0 Å². The van der Waals surface area contributed by atoms with Crippen LogP contribution in [-0.4, -0.2) is 54.2 Å². The minimum Gasteiger partial charge on any atom is -0.371 e. The molecule has 26 heavy (non-hydrogen) atoms. The Morgan fingerprint density at radius 1 is 1.27 bits per heavy atom. The van der Waals surface area contributed by atoms with E-state index in [4.69, 9.17) is 16.3 Å². The Labute approximate surface area is 158 Å². The fourth-order valence-electron chi connectivity index (χ4n) is 4.12. The molecular weight excluding hydrogens is 350 g/mol. The van der Waals surface area contributed by atoms with Gasteiger partial charge in [0.25, 0.3) is 0 Å². The van der Waals surface area contributed by atoms with Gasteiger partial charge in [-0.1, -0.05) is 18.5 Å². The average molecular weight is 374 g/mol. The quantitative estimate of drug-likeness (QED) is 0.808. The number of fused-ring (bicyclic) bond motifs is 1. The molecule has 0 atom stereocenters. The lowest BCUT2D eigenvalue weighted by Gasteiger charge is -2.48. The number of morpholine rings is 1. The molecule has 2 aliphatic heterocycles. The van der Waals surface area contributed by atoms with Gasteiger partial charge in [0.15, 0.2) is 0 Å². The van der Waals surface area contributed by atoms with Crippen LogP contribution in [-0.2, 0) is 9.53 Å². The lowest BCUT2D eigenvalue weighted by Crippen LogP contribution is -2.57. The number of pyridine rings is 1. The molecule has 1 aromatic heterocycles.